The zero-order valence-electron chi connectivity index (χ0n) is 17.8. The minimum Gasteiger partial charge on any atom is -0.385 e. The minimum atomic E-state index is 0. The monoisotopic (exact) mass is 496 g/mol. The molecule has 7 heteroatoms. The third-order valence-electron chi connectivity index (χ3n) is 5.80. The molecule has 0 aromatic carbocycles. The number of hydrogen-bond acceptors (Lipinski definition) is 4. The van der Waals surface area contributed by atoms with Crippen molar-refractivity contribution in [1.82, 2.24) is 15.1 Å². The Kier molecular flexibility index (Phi) is 12.9. The average Bonchev–Trinajstić information content (AvgIpc) is 2.67. The van der Waals surface area contributed by atoms with Crippen LogP contribution < -0.4 is 5.32 Å². The lowest BCUT2D eigenvalue weighted by Crippen LogP contribution is -2.51. The number of rotatable bonds is 8. The summed E-state index contributed by atoms with van der Waals surface area (Å²) in [4.78, 5) is 9.49. The van der Waals surface area contributed by atoms with Crippen LogP contribution in [0.3, 0.4) is 0 Å². The van der Waals surface area contributed by atoms with Gasteiger partial charge < -0.3 is 19.7 Å². The van der Waals surface area contributed by atoms with E-state index in [-0.39, 0.29) is 24.0 Å². The first-order valence-electron chi connectivity index (χ1n) is 10.4. The van der Waals surface area contributed by atoms with Gasteiger partial charge in [-0.2, -0.15) is 0 Å². The molecule has 0 radical (unpaired) electrons. The highest BCUT2D eigenvalue weighted by atomic mass is 127. The number of ether oxygens (including phenoxy) is 2. The number of halogens is 1. The molecule has 1 atom stereocenters. The van der Waals surface area contributed by atoms with Crippen LogP contribution in [-0.2, 0) is 9.47 Å². The standard InChI is InChI=1S/C20H40N4O2.HI/c1-17-6-10-23(11-7-17)18(2)16-22-20(21-3)24-12-8-19(9-13-24)26-15-5-14-25-4;/h17-19H,5-16H2,1-4H3,(H,21,22);1H. The van der Waals surface area contributed by atoms with Crippen molar-refractivity contribution < 1.29 is 9.47 Å². The number of likely N-dealkylation sites (tertiary alicyclic amines) is 2. The molecular weight excluding hydrogens is 455 g/mol. The lowest BCUT2D eigenvalue weighted by Gasteiger charge is -2.37. The molecular formula is C20H41IN4O2. The van der Waals surface area contributed by atoms with E-state index in [0.29, 0.717) is 12.1 Å². The van der Waals surface area contributed by atoms with E-state index in [1.807, 2.05) is 7.05 Å². The fraction of sp³-hybridized carbons (Fsp3) is 0.950. The molecule has 1 N–H and O–H groups in total. The van der Waals surface area contributed by atoms with Crippen molar-refractivity contribution in [3.05, 3.63) is 0 Å². The lowest BCUT2D eigenvalue weighted by molar-refractivity contribution is 0.00984. The molecule has 2 rings (SSSR count). The molecule has 27 heavy (non-hydrogen) atoms. The van der Waals surface area contributed by atoms with Crippen LogP contribution in [0.15, 0.2) is 4.99 Å². The molecule has 0 aliphatic carbocycles. The van der Waals surface area contributed by atoms with Gasteiger partial charge >= 0.3 is 0 Å². The Balaban J connectivity index is 0.00000364. The van der Waals surface area contributed by atoms with Crippen molar-refractivity contribution in [2.24, 2.45) is 10.9 Å². The quantitative estimate of drug-likeness (QED) is 0.243. The van der Waals surface area contributed by atoms with Gasteiger partial charge in [0, 0.05) is 53.0 Å². The third kappa shape index (κ3) is 8.83. The molecule has 160 valence electrons. The van der Waals surface area contributed by atoms with Gasteiger partial charge in [0.25, 0.3) is 0 Å². The molecule has 0 spiro atoms. The first-order chi connectivity index (χ1) is 12.6. The Hall–Kier alpha value is -0.120. The maximum absolute atomic E-state index is 5.96. The zero-order chi connectivity index (χ0) is 18.8. The van der Waals surface area contributed by atoms with Crippen molar-refractivity contribution in [1.29, 1.82) is 0 Å². The van der Waals surface area contributed by atoms with Crippen molar-refractivity contribution in [3.8, 4) is 0 Å². The molecule has 2 aliphatic heterocycles. The lowest BCUT2D eigenvalue weighted by atomic mass is 9.98. The van der Waals surface area contributed by atoms with Gasteiger partial charge in [0.2, 0.25) is 0 Å². The van der Waals surface area contributed by atoms with Gasteiger partial charge in [-0.1, -0.05) is 6.92 Å². The highest BCUT2D eigenvalue weighted by Crippen LogP contribution is 2.18. The minimum absolute atomic E-state index is 0. The Morgan fingerprint density at radius 2 is 1.78 bits per heavy atom. The molecule has 0 aromatic heterocycles. The second-order valence-corrected chi connectivity index (χ2v) is 7.90. The van der Waals surface area contributed by atoms with Crippen LogP contribution >= 0.6 is 24.0 Å². The predicted octanol–water partition coefficient (Wildman–Crippen LogP) is 2.82. The Bertz CT molecular complexity index is 409. The van der Waals surface area contributed by atoms with Gasteiger partial charge in [0.1, 0.15) is 0 Å². The fourth-order valence-corrected chi connectivity index (χ4v) is 3.86. The summed E-state index contributed by atoms with van der Waals surface area (Å²) in [5.41, 5.74) is 0. The summed E-state index contributed by atoms with van der Waals surface area (Å²) in [6.07, 6.45) is 6.18. The second kappa shape index (κ2) is 14.0. The van der Waals surface area contributed by atoms with Gasteiger partial charge in [0.05, 0.1) is 6.10 Å². The van der Waals surface area contributed by atoms with Crippen LogP contribution in [0.2, 0.25) is 0 Å². The summed E-state index contributed by atoms with van der Waals surface area (Å²) in [6, 6.07) is 0.556. The zero-order valence-corrected chi connectivity index (χ0v) is 20.1. The third-order valence-corrected chi connectivity index (χ3v) is 5.80. The molecule has 2 fully saturated rings. The summed E-state index contributed by atoms with van der Waals surface area (Å²) in [5.74, 6) is 1.93. The van der Waals surface area contributed by atoms with Crippen molar-refractivity contribution in [2.45, 2.75) is 58.1 Å². The SMILES string of the molecule is CN=C(NCC(C)N1CCC(C)CC1)N1CCC(OCCCOC)CC1.I. The molecule has 0 amide bonds. The highest BCUT2D eigenvalue weighted by Gasteiger charge is 2.24. The molecule has 6 nitrogen and oxygen atoms in total. The van der Waals surface area contributed by atoms with Gasteiger partial charge in [-0.3, -0.25) is 9.89 Å². The van der Waals surface area contributed by atoms with Gasteiger partial charge in [-0.15, -0.1) is 24.0 Å². The predicted molar refractivity (Wildman–Crippen MR) is 123 cm³/mol. The Morgan fingerprint density at radius 3 is 2.37 bits per heavy atom. The highest BCUT2D eigenvalue weighted by molar-refractivity contribution is 14.0. The van der Waals surface area contributed by atoms with Gasteiger partial charge in [-0.05, 0) is 58.0 Å². The van der Waals surface area contributed by atoms with Crippen LogP contribution in [0.1, 0.15) is 46.0 Å². The van der Waals surface area contributed by atoms with Crippen LogP contribution in [0, 0.1) is 5.92 Å². The summed E-state index contributed by atoms with van der Waals surface area (Å²) < 4.78 is 11.0. The first-order valence-corrected chi connectivity index (χ1v) is 10.4. The maximum Gasteiger partial charge on any atom is 0.193 e. The van der Waals surface area contributed by atoms with Crippen LogP contribution in [0.25, 0.3) is 0 Å². The van der Waals surface area contributed by atoms with E-state index in [1.165, 1.54) is 25.9 Å². The smallest absolute Gasteiger partial charge is 0.193 e. The number of aliphatic imine (C=N–C) groups is 1. The summed E-state index contributed by atoms with van der Waals surface area (Å²) in [6.45, 7) is 11.7. The van der Waals surface area contributed by atoms with E-state index in [9.17, 15) is 0 Å². The van der Waals surface area contributed by atoms with Crippen LogP contribution in [0.4, 0.5) is 0 Å². The molecule has 0 saturated carbocycles. The number of methoxy groups -OCH3 is 1. The van der Waals surface area contributed by atoms with E-state index in [4.69, 9.17) is 9.47 Å². The summed E-state index contributed by atoms with van der Waals surface area (Å²) >= 11 is 0. The van der Waals surface area contributed by atoms with Crippen LogP contribution in [-0.4, -0.2) is 88.0 Å². The normalized spacial score (nSPS) is 21.8. The van der Waals surface area contributed by atoms with Crippen LogP contribution in [0.5, 0.6) is 0 Å². The molecule has 2 aliphatic rings. The molecule has 1 unspecified atom stereocenters. The fourth-order valence-electron chi connectivity index (χ4n) is 3.86. The largest absolute Gasteiger partial charge is 0.385 e. The van der Waals surface area contributed by atoms with E-state index >= 15 is 0 Å². The summed E-state index contributed by atoms with van der Waals surface area (Å²) in [5, 5.41) is 3.60. The number of guanidine groups is 1. The molecule has 2 heterocycles. The number of hydrogen-bond donors (Lipinski definition) is 1. The average molecular weight is 496 g/mol. The van der Waals surface area contributed by atoms with Gasteiger partial charge in [0.15, 0.2) is 5.96 Å². The van der Waals surface area contributed by atoms with Crippen molar-refractivity contribution in [2.75, 3.05) is 60.1 Å². The number of piperidine rings is 2. The second-order valence-electron chi connectivity index (χ2n) is 7.90. The van der Waals surface area contributed by atoms with E-state index in [1.54, 1.807) is 7.11 Å². The summed E-state index contributed by atoms with van der Waals surface area (Å²) in [7, 11) is 3.63. The van der Waals surface area contributed by atoms with E-state index in [2.05, 4.69) is 34.0 Å². The number of nitrogens with one attached hydrogen (secondary N) is 1. The van der Waals surface area contributed by atoms with E-state index in [0.717, 1.165) is 64.0 Å². The number of nitrogens with zero attached hydrogens (tertiary/aromatic N) is 3. The van der Waals surface area contributed by atoms with E-state index < -0.39 is 0 Å². The molecule has 2 saturated heterocycles. The van der Waals surface area contributed by atoms with Gasteiger partial charge in [-0.25, -0.2) is 0 Å². The first kappa shape index (κ1) is 24.9. The van der Waals surface area contributed by atoms with Crippen molar-refractivity contribution >= 4 is 29.9 Å². The topological polar surface area (TPSA) is 49.3 Å². The maximum atomic E-state index is 5.96. The molecule has 0 bridgehead atoms. The van der Waals surface area contributed by atoms with Crippen molar-refractivity contribution in [3.63, 3.8) is 0 Å². The Morgan fingerprint density at radius 1 is 1.11 bits per heavy atom. The molecule has 0 aromatic rings. The Labute approximate surface area is 183 Å².